The molecule has 3 heteroatoms. The lowest BCUT2D eigenvalue weighted by Crippen LogP contribution is -2.28. The fourth-order valence-corrected chi connectivity index (χ4v) is 4.68. The molecule has 0 saturated carbocycles. The summed E-state index contributed by atoms with van der Waals surface area (Å²) in [6.45, 7) is 1.98. The lowest BCUT2D eigenvalue weighted by atomic mass is 10.0. The first-order valence-corrected chi connectivity index (χ1v) is 11.1. The molecule has 0 aromatic heterocycles. The first-order valence-electron chi connectivity index (χ1n) is 10.2. The van der Waals surface area contributed by atoms with Crippen molar-refractivity contribution in [3.8, 4) is 0 Å². The Morgan fingerprint density at radius 3 is 2.81 bits per heavy atom. The predicted octanol–water partition coefficient (Wildman–Crippen LogP) is 5.63. The third-order valence-electron chi connectivity index (χ3n) is 5.44. The van der Waals surface area contributed by atoms with Crippen LogP contribution in [0.25, 0.3) is 4.91 Å². The number of allylic oxidation sites excluding steroid dienone is 4. The molecular weight excluding hydrogens is 350 g/mol. The van der Waals surface area contributed by atoms with Crippen molar-refractivity contribution in [3.05, 3.63) is 76.8 Å². The maximum Gasteiger partial charge on any atom is 0.0791 e. The highest BCUT2D eigenvalue weighted by molar-refractivity contribution is 8.11. The van der Waals surface area contributed by atoms with Crippen LogP contribution in [0.4, 0.5) is 0 Å². The van der Waals surface area contributed by atoms with Crippen molar-refractivity contribution in [3.63, 3.8) is 0 Å². The minimum absolute atomic E-state index is 0.232. The molecule has 4 rings (SSSR count). The van der Waals surface area contributed by atoms with Gasteiger partial charge in [-0.25, -0.2) is 0 Å². The number of hydrogen-bond acceptors (Lipinski definition) is 3. The van der Waals surface area contributed by atoms with Crippen molar-refractivity contribution < 1.29 is 4.74 Å². The van der Waals surface area contributed by atoms with Crippen LogP contribution in [0.15, 0.2) is 65.6 Å². The monoisotopic (exact) mass is 379 g/mol. The van der Waals surface area contributed by atoms with Crippen molar-refractivity contribution in [1.82, 2.24) is 5.32 Å². The predicted molar refractivity (Wildman–Crippen MR) is 117 cm³/mol. The van der Waals surface area contributed by atoms with Gasteiger partial charge in [0.15, 0.2) is 0 Å². The van der Waals surface area contributed by atoms with Gasteiger partial charge in [0.05, 0.1) is 12.7 Å². The Bertz CT molecular complexity index is 738. The van der Waals surface area contributed by atoms with Crippen LogP contribution in [-0.2, 0) is 11.2 Å². The molecule has 1 saturated heterocycles. The average molecular weight is 380 g/mol. The Labute approximate surface area is 167 Å². The average Bonchev–Trinajstić information content (AvgIpc) is 3.14. The molecule has 0 bridgehead atoms. The van der Waals surface area contributed by atoms with Gasteiger partial charge in [-0.3, -0.25) is 0 Å². The molecular formula is C24H29NOS. The van der Waals surface area contributed by atoms with Gasteiger partial charge in [-0.2, -0.15) is 0 Å². The second-order valence-electron chi connectivity index (χ2n) is 7.56. The highest BCUT2D eigenvalue weighted by atomic mass is 32.2. The molecule has 142 valence electrons. The lowest BCUT2D eigenvalue weighted by Gasteiger charge is -2.16. The van der Waals surface area contributed by atoms with Crippen LogP contribution in [0.1, 0.15) is 43.2 Å². The lowest BCUT2D eigenvalue weighted by molar-refractivity contribution is 0.0728. The van der Waals surface area contributed by atoms with E-state index < -0.39 is 0 Å². The number of benzene rings is 1. The molecule has 1 aromatic rings. The van der Waals surface area contributed by atoms with E-state index in [0.29, 0.717) is 6.04 Å². The molecule has 1 aromatic carbocycles. The fourth-order valence-electron chi connectivity index (χ4n) is 3.86. The Morgan fingerprint density at radius 2 is 2.04 bits per heavy atom. The highest BCUT2D eigenvalue weighted by Crippen LogP contribution is 2.32. The Balaban J connectivity index is 1.30. The molecule has 2 aliphatic heterocycles. The molecule has 3 aliphatic rings. The van der Waals surface area contributed by atoms with Crippen LogP contribution >= 0.6 is 11.8 Å². The Hall–Kier alpha value is -1.55. The third kappa shape index (κ3) is 5.47. The summed E-state index contributed by atoms with van der Waals surface area (Å²) in [6, 6.07) is 9.65. The molecule has 1 fully saturated rings. The number of nitrogens with one attached hydrogen (secondary N) is 1. The van der Waals surface area contributed by atoms with Crippen LogP contribution in [0.5, 0.6) is 0 Å². The van der Waals surface area contributed by atoms with E-state index in [2.05, 4.69) is 65.4 Å². The van der Waals surface area contributed by atoms with Crippen LogP contribution < -0.4 is 5.32 Å². The summed E-state index contributed by atoms with van der Waals surface area (Å²) in [7, 11) is 0. The van der Waals surface area contributed by atoms with Crippen LogP contribution in [0.3, 0.4) is 0 Å². The maximum atomic E-state index is 6.12. The van der Waals surface area contributed by atoms with Crippen LogP contribution in [0.2, 0.25) is 0 Å². The minimum Gasteiger partial charge on any atom is -0.372 e. The van der Waals surface area contributed by atoms with Gasteiger partial charge in [0, 0.05) is 10.9 Å². The minimum atomic E-state index is 0.232. The Morgan fingerprint density at radius 1 is 1.11 bits per heavy atom. The largest absolute Gasteiger partial charge is 0.372 e. The summed E-state index contributed by atoms with van der Waals surface area (Å²) in [4.78, 5) is 1.37. The van der Waals surface area contributed by atoms with Crippen LogP contribution in [-0.4, -0.2) is 25.3 Å². The molecule has 0 spiro atoms. The smallest absolute Gasteiger partial charge is 0.0791 e. The van der Waals surface area contributed by atoms with Crippen molar-refractivity contribution in [2.75, 3.05) is 13.2 Å². The summed E-state index contributed by atoms with van der Waals surface area (Å²) in [5.74, 6) is 0. The van der Waals surface area contributed by atoms with Gasteiger partial charge in [0.2, 0.25) is 0 Å². The zero-order valence-electron chi connectivity index (χ0n) is 15.9. The van der Waals surface area contributed by atoms with Gasteiger partial charge in [0.1, 0.15) is 0 Å². The van der Waals surface area contributed by atoms with E-state index in [1.807, 2.05) is 11.8 Å². The quantitative estimate of drug-likeness (QED) is 0.647. The SMILES string of the molecule is C1=CSC(c2ccc(CC3=CCC(OC[C@H]4CCCN4)C=CC3)cc2)=CC1. The second-order valence-corrected chi connectivity index (χ2v) is 8.51. The molecule has 1 aliphatic carbocycles. The number of hydrogen-bond donors (Lipinski definition) is 1. The van der Waals surface area contributed by atoms with E-state index in [4.69, 9.17) is 4.74 Å². The third-order valence-corrected chi connectivity index (χ3v) is 6.43. The van der Waals surface area contributed by atoms with Gasteiger partial charge in [0.25, 0.3) is 0 Å². The van der Waals surface area contributed by atoms with Crippen molar-refractivity contribution >= 4 is 16.7 Å². The van der Waals surface area contributed by atoms with Crippen molar-refractivity contribution in [1.29, 1.82) is 0 Å². The van der Waals surface area contributed by atoms with E-state index in [1.165, 1.54) is 34.4 Å². The van der Waals surface area contributed by atoms with E-state index in [1.54, 1.807) is 0 Å². The van der Waals surface area contributed by atoms with E-state index >= 15 is 0 Å². The maximum absolute atomic E-state index is 6.12. The van der Waals surface area contributed by atoms with E-state index in [0.717, 1.165) is 38.8 Å². The molecule has 1 N–H and O–H groups in total. The summed E-state index contributed by atoms with van der Waals surface area (Å²) >= 11 is 1.82. The summed E-state index contributed by atoms with van der Waals surface area (Å²) in [6.07, 6.45) is 18.3. The summed E-state index contributed by atoms with van der Waals surface area (Å²) in [5.41, 5.74) is 4.22. The first-order chi connectivity index (χ1) is 13.4. The highest BCUT2D eigenvalue weighted by Gasteiger charge is 2.16. The van der Waals surface area contributed by atoms with Crippen molar-refractivity contribution in [2.24, 2.45) is 0 Å². The summed E-state index contributed by atoms with van der Waals surface area (Å²) in [5, 5.41) is 5.70. The van der Waals surface area contributed by atoms with Gasteiger partial charge < -0.3 is 10.1 Å². The second kappa shape index (κ2) is 9.59. The van der Waals surface area contributed by atoms with Gasteiger partial charge >= 0.3 is 0 Å². The normalized spacial score (nSPS) is 25.2. The molecule has 27 heavy (non-hydrogen) atoms. The standard InChI is InChI=1S/C24H29NOS/c1-2-16-27-24(8-1)21-12-9-20(10-13-21)17-19-5-3-7-23(14-11-19)26-18-22-6-4-15-25-22/h2-3,7-13,16,22-23,25H,1,4-6,14-15,17-18H2/t22-,23?/m1/s1. The molecule has 0 amide bonds. The number of ether oxygens (including phenoxy) is 1. The molecule has 2 atom stereocenters. The van der Waals surface area contributed by atoms with Crippen molar-refractivity contribution in [2.45, 2.75) is 50.7 Å². The van der Waals surface area contributed by atoms with Gasteiger partial charge in [-0.15, -0.1) is 0 Å². The zero-order chi connectivity index (χ0) is 18.3. The zero-order valence-corrected chi connectivity index (χ0v) is 16.7. The summed E-state index contributed by atoms with van der Waals surface area (Å²) < 4.78 is 6.12. The fraction of sp³-hybridized carbons (Fsp3) is 0.417. The topological polar surface area (TPSA) is 21.3 Å². The number of thioether (sulfide) groups is 1. The molecule has 2 nitrogen and oxygen atoms in total. The van der Waals surface area contributed by atoms with E-state index in [9.17, 15) is 0 Å². The van der Waals surface area contributed by atoms with Gasteiger partial charge in [-0.05, 0) is 61.6 Å². The molecule has 2 heterocycles. The van der Waals surface area contributed by atoms with Crippen LogP contribution in [0, 0.1) is 0 Å². The molecule has 0 radical (unpaired) electrons. The van der Waals surface area contributed by atoms with Gasteiger partial charge in [-0.1, -0.05) is 72.0 Å². The van der Waals surface area contributed by atoms with E-state index in [-0.39, 0.29) is 6.10 Å². The Kier molecular flexibility index (Phi) is 6.67. The number of rotatable bonds is 6. The molecule has 1 unspecified atom stereocenters. The first kappa shape index (κ1) is 18.8.